The van der Waals surface area contributed by atoms with Crippen LogP contribution in [0.1, 0.15) is 12.5 Å². The molecular formula is C15H15NO3. The average molecular weight is 257 g/mol. The van der Waals surface area contributed by atoms with Crippen molar-refractivity contribution in [2.75, 3.05) is 5.73 Å². The number of aryl methyl sites for hydroxylation is 1. The van der Waals surface area contributed by atoms with Gasteiger partial charge in [0, 0.05) is 22.4 Å². The van der Waals surface area contributed by atoms with Gasteiger partial charge >= 0.3 is 5.97 Å². The number of nitrogen functional groups attached to an aromatic ring is 1. The van der Waals surface area contributed by atoms with Crippen LogP contribution in [0.4, 0.5) is 5.69 Å². The molecule has 19 heavy (non-hydrogen) atoms. The number of fused-ring (bicyclic) bond motifs is 1. The molecule has 0 fully saturated rings. The van der Waals surface area contributed by atoms with Crippen molar-refractivity contribution in [2.24, 2.45) is 0 Å². The molecule has 0 aromatic heterocycles. The second-order valence-corrected chi connectivity index (χ2v) is 4.53. The van der Waals surface area contributed by atoms with Crippen LogP contribution in [0.5, 0.6) is 11.5 Å². The Labute approximate surface area is 111 Å². The van der Waals surface area contributed by atoms with Gasteiger partial charge in [-0.15, -0.1) is 0 Å². The Balaban J connectivity index is 2.66. The summed E-state index contributed by atoms with van der Waals surface area (Å²) in [6.45, 7) is 7.00. The summed E-state index contributed by atoms with van der Waals surface area (Å²) in [5.41, 5.74) is 7.29. The number of esters is 1. The lowest BCUT2D eigenvalue weighted by atomic mass is 10.0. The maximum atomic E-state index is 11.6. The molecule has 0 unspecified atom stereocenters. The molecule has 0 aliphatic heterocycles. The summed E-state index contributed by atoms with van der Waals surface area (Å²) >= 11 is 0. The van der Waals surface area contributed by atoms with Crippen LogP contribution >= 0.6 is 0 Å². The highest BCUT2D eigenvalue weighted by Crippen LogP contribution is 2.38. The summed E-state index contributed by atoms with van der Waals surface area (Å²) in [4.78, 5) is 11.6. The van der Waals surface area contributed by atoms with Gasteiger partial charge in [0.05, 0.1) is 5.69 Å². The third kappa shape index (κ3) is 2.38. The van der Waals surface area contributed by atoms with Crippen molar-refractivity contribution in [1.29, 1.82) is 0 Å². The van der Waals surface area contributed by atoms with E-state index in [9.17, 15) is 9.90 Å². The number of rotatable bonds is 2. The van der Waals surface area contributed by atoms with Crippen LogP contribution in [-0.2, 0) is 4.79 Å². The summed E-state index contributed by atoms with van der Waals surface area (Å²) in [5.74, 6) is -0.230. The van der Waals surface area contributed by atoms with E-state index in [0.717, 1.165) is 5.56 Å². The van der Waals surface area contributed by atoms with Crippen LogP contribution < -0.4 is 10.5 Å². The van der Waals surface area contributed by atoms with Crippen molar-refractivity contribution in [3.8, 4) is 11.5 Å². The van der Waals surface area contributed by atoms with Gasteiger partial charge in [0.15, 0.2) is 5.75 Å². The highest BCUT2D eigenvalue weighted by atomic mass is 16.5. The van der Waals surface area contributed by atoms with Crippen LogP contribution in [0.15, 0.2) is 36.4 Å². The number of phenols is 1. The van der Waals surface area contributed by atoms with Crippen molar-refractivity contribution in [2.45, 2.75) is 13.8 Å². The Morgan fingerprint density at radius 1 is 1.32 bits per heavy atom. The molecule has 98 valence electrons. The van der Waals surface area contributed by atoms with Gasteiger partial charge in [-0.2, -0.15) is 0 Å². The molecule has 0 amide bonds. The first-order valence-corrected chi connectivity index (χ1v) is 5.79. The number of phenolic OH excluding ortho intramolecular Hbond substituents is 1. The van der Waals surface area contributed by atoms with Gasteiger partial charge in [-0.25, -0.2) is 4.79 Å². The molecule has 0 aliphatic rings. The predicted molar refractivity (Wildman–Crippen MR) is 75.2 cm³/mol. The van der Waals surface area contributed by atoms with E-state index < -0.39 is 5.97 Å². The zero-order chi connectivity index (χ0) is 14.2. The number of anilines is 1. The lowest BCUT2D eigenvalue weighted by Gasteiger charge is -2.12. The fourth-order valence-electron chi connectivity index (χ4n) is 1.81. The molecule has 0 radical (unpaired) electrons. The highest BCUT2D eigenvalue weighted by Gasteiger charge is 2.15. The minimum atomic E-state index is -0.542. The fraction of sp³-hybridized carbons (Fsp3) is 0.133. The van der Waals surface area contributed by atoms with E-state index in [0.29, 0.717) is 10.8 Å². The van der Waals surface area contributed by atoms with Crippen molar-refractivity contribution >= 4 is 22.4 Å². The molecule has 0 saturated carbocycles. The number of benzene rings is 2. The first-order valence-electron chi connectivity index (χ1n) is 5.79. The summed E-state index contributed by atoms with van der Waals surface area (Å²) < 4.78 is 5.24. The van der Waals surface area contributed by atoms with Crippen LogP contribution in [0.2, 0.25) is 0 Å². The quantitative estimate of drug-likeness (QED) is 0.375. The molecule has 2 aromatic rings. The molecular weight excluding hydrogens is 242 g/mol. The number of hydrogen-bond donors (Lipinski definition) is 2. The SMILES string of the molecule is C=C(C)C(=O)Oc1c(N)cc(O)c2cc(C)ccc12. The minimum Gasteiger partial charge on any atom is -0.507 e. The topological polar surface area (TPSA) is 72.5 Å². The van der Waals surface area contributed by atoms with E-state index in [1.54, 1.807) is 13.0 Å². The third-order valence-electron chi connectivity index (χ3n) is 2.79. The monoisotopic (exact) mass is 257 g/mol. The van der Waals surface area contributed by atoms with Gasteiger partial charge in [0.25, 0.3) is 0 Å². The average Bonchev–Trinajstić information content (AvgIpc) is 2.34. The third-order valence-corrected chi connectivity index (χ3v) is 2.79. The van der Waals surface area contributed by atoms with Gasteiger partial charge in [-0.1, -0.05) is 24.3 Å². The molecule has 0 spiro atoms. The van der Waals surface area contributed by atoms with Gasteiger partial charge in [-0.3, -0.25) is 0 Å². The largest absolute Gasteiger partial charge is 0.507 e. The number of carbonyl (C=O) groups excluding carboxylic acids is 1. The Morgan fingerprint density at radius 2 is 2.00 bits per heavy atom. The van der Waals surface area contributed by atoms with Gasteiger partial charge < -0.3 is 15.6 Å². The maximum absolute atomic E-state index is 11.6. The molecule has 0 atom stereocenters. The zero-order valence-corrected chi connectivity index (χ0v) is 10.9. The van der Waals surface area contributed by atoms with Crippen LogP contribution in [-0.4, -0.2) is 11.1 Å². The normalized spacial score (nSPS) is 10.4. The Kier molecular flexibility index (Phi) is 3.17. The summed E-state index contributed by atoms with van der Waals surface area (Å²) in [6, 6.07) is 6.81. The molecule has 3 N–H and O–H groups in total. The van der Waals surface area contributed by atoms with Crippen molar-refractivity contribution in [3.63, 3.8) is 0 Å². The smallest absolute Gasteiger partial charge is 0.338 e. The zero-order valence-electron chi connectivity index (χ0n) is 10.9. The molecule has 4 nitrogen and oxygen atoms in total. The molecule has 2 aromatic carbocycles. The summed E-state index contributed by atoms with van der Waals surface area (Å²) in [7, 11) is 0. The first-order chi connectivity index (χ1) is 8.90. The minimum absolute atomic E-state index is 0.0614. The van der Waals surface area contributed by atoms with E-state index in [1.807, 2.05) is 19.1 Å². The highest BCUT2D eigenvalue weighted by molar-refractivity contribution is 6.00. The number of hydrogen-bond acceptors (Lipinski definition) is 4. The lowest BCUT2D eigenvalue weighted by molar-refractivity contribution is -0.129. The van der Waals surface area contributed by atoms with Crippen LogP contribution in [0.25, 0.3) is 10.8 Å². The van der Waals surface area contributed by atoms with Gasteiger partial charge in [-0.05, 0) is 19.9 Å². The second kappa shape index (κ2) is 4.65. The van der Waals surface area contributed by atoms with Crippen molar-refractivity contribution < 1.29 is 14.6 Å². The number of aromatic hydroxyl groups is 1. The fourth-order valence-corrected chi connectivity index (χ4v) is 1.81. The van der Waals surface area contributed by atoms with Crippen LogP contribution in [0, 0.1) is 6.92 Å². The van der Waals surface area contributed by atoms with E-state index in [1.165, 1.54) is 6.07 Å². The van der Waals surface area contributed by atoms with Crippen molar-refractivity contribution in [1.82, 2.24) is 0 Å². The van der Waals surface area contributed by atoms with E-state index >= 15 is 0 Å². The number of carbonyl (C=O) groups is 1. The standard InChI is InChI=1S/C15H15NO3/c1-8(2)15(18)19-14-10-5-4-9(3)6-11(10)13(17)7-12(14)16/h4-7,17H,1,16H2,2-3H3. The predicted octanol–water partition coefficient (Wildman–Crippen LogP) is 2.92. The lowest BCUT2D eigenvalue weighted by Crippen LogP contribution is -2.10. The Morgan fingerprint density at radius 3 is 2.63 bits per heavy atom. The van der Waals surface area contributed by atoms with E-state index in [4.69, 9.17) is 10.5 Å². The van der Waals surface area contributed by atoms with E-state index in [2.05, 4.69) is 6.58 Å². The molecule has 2 rings (SSSR count). The summed E-state index contributed by atoms with van der Waals surface area (Å²) in [5, 5.41) is 11.1. The first kappa shape index (κ1) is 13.0. The summed E-state index contributed by atoms with van der Waals surface area (Å²) in [6.07, 6.45) is 0. The second-order valence-electron chi connectivity index (χ2n) is 4.53. The van der Waals surface area contributed by atoms with Crippen molar-refractivity contribution in [3.05, 3.63) is 42.0 Å². The molecule has 0 aliphatic carbocycles. The number of ether oxygens (including phenoxy) is 1. The van der Waals surface area contributed by atoms with Gasteiger partial charge in [0.2, 0.25) is 0 Å². The molecule has 0 bridgehead atoms. The number of nitrogens with two attached hydrogens (primary N) is 1. The van der Waals surface area contributed by atoms with Crippen LogP contribution in [0.3, 0.4) is 0 Å². The molecule has 0 saturated heterocycles. The molecule has 0 heterocycles. The Bertz CT molecular complexity index is 689. The van der Waals surface area contributed by atoms with E-state index in [-0.39, 0.29) is 22.8 Å². The molecule has 4 heteroatoms. The maximum Gasteiger partial charge on any atom is 0.338 e. The van der Waals surface area contributed by atoms with Gasteiger partial charge in [0.1, 0.15) is 5.75 Å². The Hall–Kier alpha value is -2.49.